The van der Waals surface area contributed by atoms with Gasteiger partial charge in [0.15, 0.2) is 5.16 Å². The maximum absolute atomic E-state index is 13.3. The molecule has 1 aliphatic rings. The Balaban J connectivity index is 1.75. The number of halogens is 4. The lowest BCUT2D eigenvalue weighted by Gasteiger charge is -2.15. The summed E-state index contributed by atoms with van der Waals surface area (Å²) in [5.41, 5.74) is -1.21. The highest BCUT2D eigenvalue weighted by Gasteiger charge is 2.34. The van der Waals surface area contributed by atoms with Crippen LogP contribution in [0.5, 0.6) is 0 Å². The van der Waals surface area contributed by atoms with Crippen LogP contribution in [0.2, 0.25) is 0 Å². The van der Waals surface area contributed by atoms with Gasteiger partial charge >= 0.3 is 6.18 Å². The fourth-order valence-electron chi connectivity index (χ4n) is 2.86. The first-order chi connectivity index (χ1) is 13.1. The molecule has 150 valence electrons. The third-order valence-electron chi connectivity index (χ3n) is 4.28. The minimum Gasteiger partial charge on any atom is -0.326 e. The number of thioether (sulfide) groups is 1. The van der Waals surface area contributed by atoms with Crippen LogP contribution in [-0.2, 0) is 11.0 Å². The molecule has 1 atom stereocenters. The molecule has 10 heteroatoms. The van der Waals surface area contributed by atoms with E-state index < -0.39 is 29.5 Å². The Hall–Kier alpha value is -2.36. The third-order valence-corrected chi connectivity index (χ3v) is 5.38. The van der Waals surface area contributed by atoms with Gasteiger partial charge in [-0.15, -0.1) is 0 Å². The van der Waals surface area contributed by atoms with Gasteiger partial charge in [-0.1, -0.05) is 25.6 Å². The number of alkyl halides is 3. The van der Waals surface area contributed by atoms with Crippen LogP contribution in [0.4, 0.5) is 23.2 Å². The largest absolute Gasteiger partial charge is 0.419 e. The minimum absolute atomic E-state index is 0.0860. The normalized spacial score (nSPS) is 16.3. The predicted molar refractivity (Wildman–Crippen MR) is 97.0 cm³/mol. The van der Waals surface area contributed by atoms with Gasteiger partial charge in [-0.25, -0.2) is 9.37 Å². The average molecular weight is 415 g/mol. The molecule has 0 radical (unpaired) electrons. The van der Waals surface area contributed by atoms with Crippen molar-refractivity contribution in [2.45, 2.75) is 43.6 Å². The lowest BCUT2D eigenvalue weighted by atomic mass is 10.1. The number of anilines is 1. The monoisotopic (exact) mass is 415 g/mol. The molecule has 28 heavy (non-hydrogen) atoms. The molecular formula is C18H17F4N3O2S. The molecule has 3 rings (SSSR count). The number of nitrogens with one attached hydrogen (secondary N) is 1. The summed E-state index contributed by atoms with van der Waals surface area (Å²) >= 11 is 1.35. The van der Waals surface area contributed by atoms with E-state index in [0.717, 1.165) is 6.07 Å². The Morgan fingerprint density at radius 1 is 1.36 bits per heavy atom. The van der Waals surface area contributed by atoms with Crippen LogP contribution in [-0.4, -0.2) is 21.2 Å². The second-order valence-electron chi connectivity index (χ2n) is 6.74. The van der Waals surface area contributed by atoms with Crippen molar-refractivity contribution in [1.82, 2.24) is 9.55 Å². The fourth-order valence-corrected chi connectivity index (χ4v) is 4.02. The first-order valence-corrected chi connectivity index (χ1v) is 9.47. The second kappa shape index (κ2) is 7.57. The molecule has 0 bridgehead atoms. The van der Waals surface area contributed by atoms with E-state index in [-0.39, 0.29) is 23.6 Å². The highest BCUT2D eigenvalue weighted by Crippen LogP contribution is 2.34. The molecular weight excluding hydrogens is 398 g/mol. The summed E-state index contributed by atoms with van der Waals surface area (Å²) in [4.78, 5) is 29.1. The summed E-state index contributed by atoms with van der Waals surface area (Å²) < 4.78 is 53.2. The lowest BCUT2D eigenvalue weighted by molar-refractivity contribution is -0.140. The highest BCUT2D eigenvalue weighted by molar-refractivity contribution is 7.99. The van der Waals surface area contributed by atoms with E-state index in [0.29, 0.717) is 28.7 Å². The Labute approximate surface area is 162 Å². The third kappa shape index (κ3) is 4.21. The van der Waals surface area contributed by atoms with Crippen molar-refractivity contribution in [1.29, 1.82) is 0 Å². The molecule has 1 N–H and O–H groups in total. The number of nitrogens with zero attached hydrogens (tertiary/aromatic N) is 2. The topological polar surface area (TPSA) is 64.0 Å². The first-order valence-electron chi connectivity index (χ1n) is 8.49. The summed E-state index contributed by atoms with van der Waals surface area (Å²) in [5, 5.41) is 2.86. The standard InChI is InChI=1S/C18H17F4N3O2S/c1-9(2)14-7-16(27)25-11(8-28-17(25)24-14)6-15(26)23-10-3-4-13(19)12(5-10)18(20,21)22/h3-5,7,9,11H,6,8H2,1-2H3,(H,23,26). The quantitative estimate of drug-likeness (QED) is 0.601. The SMILES string of the molecule is CC(C)c1cc(=O)n2c(n1)SCC2CC(=O)Nc1ccc(F)c(C(F)(F)F)c1. The van der Waals surface area contributed by atoms with E-state index in [9.17, 15) is 27.2 Å². The molecule has 1 amide bonds. The summed E-state index contributed by atoms with van der Waals surface area (Å²) in [7, 11) is 0. The number of carbonyl (C=O) groups is 1. The molecule has 1 unspecified atom stereocenters. The van der Waals surface area contributed by atoms with Gasteiger partial charge in [-0.05, 0) is 24.1 Å². The Morgan fingerprint density at radius 2 is 2.07 bits per heavy atom. The van der Waals surface area contributed by atoms with E-state index in [4.69, 9.17) is 0 Å². The van der Waals surface area contributed by atoms with Gasteiger partial charge in [0.1, 0.15) is 5.82 Å². The van der Waals surface area contributed by atoms with E-state index >= 15 is 0 Å². The number of amides is 1. The predicted octanol–water partition coefficient (Wildman–Crippen LogP) is 4.20. The lowest BCUT2D eigenvalue weighted by Crippen LogP contribution is -2.28. The van der Waals surface area contributed by atoms with Crippen molar-refractivity contribution in [2.75, 3.05) is 11.1 Å². The smallest absolute Gasteiger partial charge is 0.326 e. The number of rotatable bonds is 4. The fraction of sp³-hybridized carbons (Fsp3) is 0.389. The van der Waals surface area contributed by atoms with Gasteiger partial charge in [0.05, 0.1) is 17.3 Å². The van der Waals surface area contributed by atoms with Crippen molar-refractivity contribution in [3.63, 3.8) is 0 Å². The second-order valence-corrected chi connectivity index (χ2v) is 7.72. The van der Waals surface area contributed by atoms with Crippen LogP contribution < -0.4 is 10.9 Å². The Morgan fingerprint density at radius 3 is 2.71 bits per heavy atom. The van der Waals surface area contributed by atoms with Crippen molar-refractivity contribution in [3.8, 4) is 0 Å². The average Bonchev–Trinajstić information content (AvgIpc) is 2.98. The molecule has 1 aromatic heterocycles. The molecule has 5 nitrogen and oxygen atoms in total. The molecule has 1 aromatic carbocycles. The van der Waals surface area contributed by atoms with Crippen molar-refractivity contribution < 1.29 is 22.4 Å². The van der Waals surface area contributed by atoms with Gasteiger partial charge in [-0.2, -0.15) is 13.2 Å². The molecule has 1 aliphatic heterocycles. The van der Waals surface area contributed by atoms with Crippen LogP contribution in [0.25, 0.3) is 0 Å². The number of hydrogen-bond acceptors (Lipinski definition) is 4. The maximum Gasteiger partial charge on any atom is 0.419 e. The molecule has 0 spiro atoms. The van der Waals surface area contributed by atoms with Crippen molar-refractivity contribution in [2.24, 2.45) is 0 Å². The molecule has 2 heterocycles. The zero-order valence-corrected chi connectivity index (χ0v) is 15.8. The molecule has 2 aromatic rings. The highest BCUT2D eigenvalue weighted by atomic mass is 32.2. The summed E-state index contributed by atoms with van der Waals surface area (Å²) in [6, 6.07) is 3.24. The van der Waals surface area contributed by atoms with Crippen LogP contribution in [0, 0.1) is 5.82 Å². The number of carbonyl (C=O) groups excluding carboxylic acids is 1. The van der Waals surface area contributed by atoms with Gasteiger partial charge in [0.2, 0.25) is 5.91 Å². The summed E-state index contributed by atoms with van der Waals surface area (Å²) in [6.45, 7) is 3.84. The Kier molecular flexibility index (Phi) is 5.51. The molecule has 0 aliphatic carbocycles. The van der Waals surface area contributed by atoms with Crippen molar-refractivity contribution in [3.05, 3.63) is 51.7 Å². The van der Waals surface area contributed by atoms with Gasteiger partial charge in [0, 0.05) is 23.9 Å². The van der Waals surface area contributed by atoms with Crippen molar-refractivity contribution >= 4 is 23.4 Å². The van der Waals surface area contributed by atoms with Crippen LogP contribution >= 0.6 is 11.8 Å². The number of benzene rings is 1. The van der Waals surface area contributed by atoms with Gasteiger partial charge in [0.25, 0.3) is 5.56 Å². The van der Waals surface area contributed by atoms with Crippen LogP contribution in [0.15, 0.2) is 34.2 Å². The summed E-state index contributed by atoms with van der Waals surface area (Å²) in [5.74, 6) is -1.44. The van der Waals surface area contributed by atoms with E-state index in [2.05, 4.69) is 10.3 Å². The van der Waals surface area contributed by atoms with E-state index in [1.165, 1.54) is 22.4 Å². The number of fused-ring (bicyclic) bond motifs is 1. The number of hydrogen-bond donors (Lipinski definition) is 1. The van der Waals surface area contributed by atoms with Crippen LogP contribution in [0.1, 0.15) is 43.5 Å². The maximum atomic E-state index is 13.3. The molecule has 0 fully saturated rings. The zero-order chi connectivity index (χ0) is 20.6. The summed E-state index contributed by atoms with van der Waals surface area (Å²) in [6.07, 6.45) is -4.97. The molecule has 0 saturated heterocycles. The molecule has 0 saturated carbocycles. The van der Waals surface area contributed by atoms with Gasteiger partial charge < -0.3 is 5.32 Å². The van der Waals surface area contributed by atoms with Crippen LogP contribution in [0.3, 0.4) is 0 Å². The van der Waals surface area contributed by atoms with E-state index in [1.54, 1.807) is 0 Å². The van der Waals surface area contributed by atoms with E-state index in [1.807, 2.05) is 13.8 Å². The zero-order valence-electron chi connectivity index (χ0n) is 15.0. The number of aromatic nitrogens is 2. The Bertz CT molecular complexity index is 972. The van der Waals surface area contributed by atoms with Gasteiger partial charge in [-0.3, -0.25) is 14.2 Å². The first kappa shape index (κ1) is 20.4. The minimum atomic E-state index is -4.86.